The quantitative estimate of drug-likeness (QED) is 0.702. The molecule has 0 aliphatic rings. The number of nitrogens with two attached hydrogens (primary N) is 1. The minimum Gasteiger partial charge on any atom is -0.368 e. The largest absolute Gasteiger partial charge is 0.368 e. The summed E-state index contributed by atoms with van der Waals surface area (Å²) in [6.07, 6.45) is 1.79. The normalized spacial score (nSPS) is 11.5. The van der Waals surface area contributed by atoms with Crippen molar-refractivity contribution in [3.05, 3.63) is 46.7 Å². The SMILES string of the molecule is Nc1nc2ccccc2n1/N=C\c1cccs1. The molecule has 0 radical (unpaired) electrons. The number of fused-ring (bicyclic) bond motifs is 1. The van der Waals surface area contributed by atoms with Crippen molar-refractivity contribution in [3.8, 4) is 0 Å². The third-order valence-electron chi connectivity index (χ3n) is 2.41. The van der Waals surface area contributed by atoms with Crippen molar-refractivity contribution in [1.82, 2.24) is 9.66 Å². The third kappa shape index (κ3) is 1.81. The molecule has 0 aliphatic heterocycles. The summed E-state index contributed by atoms with van der Waals surface area (Å²) in [6, 6.07) is 11.7. The molecule has 0 amide bonds. The summed E-state index contributed by atoms with van der Waals surface area (Å²) in [7, 11) is 0. The average Bonchev–Trinajstić information content (AvgIpc) is 2.93. The fourth-order valence-corrected chi connectivity index (χ4v) is 2.21. The number of thiophene rings is 1. The summed E-state index contributed by atoms with van der Waals surface area (Å²) in [5, 5.41) is 6.36. The number of hydrogen-bond donors (Lipinski definition) is 1. The van der Waals surface area contributed by atoms with Crippen LogP contribution in [0.5, 0.6) is 0 Å². The van der Waals surface area contributed by atoms with Gasteiger partial charge in [0.05, 0.1) is 17.2 Å². The number of aromatic nitrogens is 2. The third-order valence-corrected chi connectivity index (χ3v) is 3.21. The molecular weight excluding hydrogens is 232 g/mol. The van der Waals surface area contributed by atoms with Gasteiger partial charge in [0, 0.05) is 4.88 Å². The van der Waals surface area contributed by atoms with Gasteiger partial charge in [-0.2, -0.15) is 9.78 Å². The maximum atomic E-state index is 5.83. The number of hydrogen-bond acceptors (Lipinski definition) is 4. The van der Waals surface area contributed by atoms with E-state index in [0.29, 0.717) is 5.95 Å². The van der Waals surface area contributed by atoms with E-state index in [1.807, 2.05) is 41.8 Å². The minimum absolute atomic E-state index is 0.402. The summed E-state index contributed by atoms with van der Waals surface area (Å²) < 4.78 is 1.65. The lowest BCUT2D eigenvalue weighted by atomic mass is 10.3. The number of imidazole rings is 1. The molecule has 2 aromatic heterocycles. The molecule has 1 aromatic carbocycles. The number of benzene rings is 1. The Morgan fingerprint density at radius 2 is 2.12 bits per heavy atom. The first-order chi connectivity index (χ1) is 8.34. The van der Waals surface area contributed by atoms with Crippen molar-refractivity contribution >= 4 is 34.5 Å². The molecule has 2 N–H and O–H groups in total. The summed E-state index contributed by atoms with van der Waals surface area (Å²) >= 11 is 1.63. The molecule has 5 heteroatoms. The van der Waals surface area contributed by atoms with E-state index in [0.717, 1.165) is 15.9 Å². The number of rotatable bonds is 2. The number of nitrogens with zero attached hydrogens (tertiary/aromatic N) is 3. The highest BCUT2D eigenvalue weighted by Crippen LogP contribution is 2.17. The van der Waals surface area contributed by atoms with Crippen molar-refractivity contribution in [2.24, 2.45) is 5.10 Å². The smallest absolute Gasteiger partial charge is 0.222 e. The number of anilines is 1. The molecule has 3 rings (SSSR count). The maximum Gasteiger partial charge on any atom is 0.222 e. The summed E-state index contributed by atoms with van der Waals surface area (Å²) in [4.78, 5) is 5.33. The first kappa shape index (κ1) is 10.0. The zero-order valence-electron chi connectivity index (χ0n) is 8.95. The first-order valence-corrected chi connectivity index (χ1v) is 6.03. The summed E-state index contributed by atoms with van der Waals surface area (Å²) in [5.41, 5.74) is 7.60. The average molecular weight is 242 g/mol. The van der Waals surface area contributed by atoms with E-state index >= 15 is 0 Å². The fraction of sp³-hybridized carbons (Fsp3) is 0. The van der Waals surface area contributed by atoms with Crippen molar-refractivity contribution in [3.63, 3.8) is 0 Å². The Labute approximate surface area is 102 Å². The zero-order valence-corrected chi connectivity index (χ0v) is 9.76. The Bertz CT molecular complexity index is 667. The number of nitrogen functional groups attached to an aromatic ring is 1. The van der Waals surface area contributed by atoms with Crippen LogP contribution < -0.4 is 5.73 Å². The van der Waals surface area contributed by atoms with Gasteiger partial charge in [-0.1, -0.05) is 18.2 Å². The van der Waals surface area contributed by atoms with E-state index in [-0.39, 0.29) is 0 Å². The lowest BCUT2D eigenvalue weighted by molar-refractivity contribution is 0.932. The van der Waals surface area contributed by atoms with E-state index in [1.54, 1.807) is 22.2 Å². The van der Waals surface area contributed by atoms with E-state index in [1.165, 1.54) is 0 Å². The molecule has 17 heavy (non-hydrogen) atoms. The molecule has 0 spiro atoms. The highest BCUT2D eigenvalue weighted by molar-refractivity contribution is 7.11. The van der Waals surface area contributed by atoms with Crippen molar-refractivity contribution in [2.75, 3.05) is 5.73 Å². The van der Waals surface area contributed by atoms with Crippen LogP contribution in [0.15, 0.2) is 46.9 Å². The molecule has 0 saturated heterocycles. The first-order valence-electron chi connectivity index (χ1n) is 5.15. The van der Waals surface area contributed by atoms with E-state index in [2.05, 4.69) is 10.1 Å². The zero-order chi connectivity index (χ0) is 11.7. The van der Waals surface area contributed by atoms with Gasteiger partial charge in [-0.25, -0.2) is 4.98 Å². The molecule has 0 unspecified atom stereocenters. The second-order valence-electron chi connectivity index (χ2n) is 3.53. The van der Waals surface area contributed by atoms with Gasteiger partial charge in [-0.3, -0.25) is 0 Å². The van der Waals surface area contributed by atoms with Crippen LogP contribution in [-0.4, -0.2) is 15.9 Å². The van der Waals surface area contributed by atoms with Crippen LogP contribution in [0.3, 0.4) is 0 Å². The van der Waals surface area contributed by atoms with Crippen LogP contribution >= 0.6 is 11.3 Å². The molecule has 0 fully saturated rings. The second kappa shape index (κ2) is 4.03. The van der Waals surface area contributed by atoms with Crippen LogP contribution in [0.1, 0.15) is 4.88 Å². The van der Waals surface area contributed by atoms with E-state index in [4.69, 9.17) is 5.73 Å². The van der Waals surface area contributed by atoms with Crippen LogP contribution in [0.25, 0.3) is 11.0 Å². The Kier molecular flexibility index (Phi) is 2.38. The summed E-state index contributed by atoms with van der Waals surface area (Å²) in [5.74, 6) is 0.402. The highest BCUT2D eigenvalue weighted by Gasteiger charge is 2.05. The highest BCUT2D eigenvalue weighted by atomic mass is 32.1. The fourth-order valence-electron chi connectivity index (χ4n) is 1.63. The van der Waals surface area contributed by atoms with Crippen LogP contribution in [0, 0.1) is 0 Å². The van der Waals surface area contributed by atoms with Gasteiger partial charge in [0.25, 0.3) is 0 Å². The van der Waals surface area contributed by atoms with Crippen molar-refractivity contribution in [1.29, 1.82) is 0 Å². The molecule has 84 valence electrons. The molecule has 4 nitrogen and oxygen atoms in total. The topological polar surface area (TPSA) is 56.2 Å². The predicted octanol–water partition coefficient (Wildman–Crippen LogP) is 2.56. The lowest BCUT2D eigenvalue weighted by Crippen LogP contribution is -1.97. The second-order valence-corrected chi connectivity index (χ2v) is 4.51. The van der Waals surface area contributed by atoms with Crippen LogP contribution in [-0.2, 0) is 0 Å². The number of para-hydroxylation sites is 2. The monoisotopic (exact) mass is 242 g/mol. The van der Waals surface area contributed by atoms with Crippen LogP contribution in [0.4, 0.5) is 5.95 Å². The van der Waals surface area contributed by atoms with E-state index in [9.17, 15) is 0 Å². The molecule has 0 bridgehead atoms. The van der Waals surface area contributed by atoms with Gasteiger partial charge in [0.15, 0.2) is 0 Å². The van der Waals surface area contributed by atoms with Gasteiger partial charge < -0.3 is 5.73 Å². The van der Waals surface area contributed by atoms with E-state index < -0.39 is 0 Å². The van der Waals surface area contributed by atoms with Crippen molar-refractivity contribution < 1.29 is 0 Å². The summed E-state index contributed by atoms with van der Waals surface area (Å²) in [6.45, 7) is 0. The molecule has 3 aromatic rings. The lowest BCUT2D eigenvalue weighted by Gasteiger charge is -1.96. The maximum absolute atomic E-state index is 5.83. The molecule has 0 saturated carbocycles. The Hall–Kier alpha value is -2.14. The minimum atomic E-state index is 0.402. The standard InChI is InChI=1S/C12H10N4S/c13-12-15-10-5-1-2-6-11(10)16(12)14-8-9-4-3-7-17-9/h1-8H,(H2,13,15)/b14-8-. The van der Waals surface area contributed by atoms with Gasteiger partial charge in [-0.05, 0) is 23.6 Å². The van der Waals surface area contributed by atoms with Gasteiger partial charge in [-0.15, -0.1) is 11.3 Å². The Balaban J connectivity index is 2.08. The molecule has 2 heterocycles. The molecule has 0 atom stereocenters. The van der Waals surface area contributed by atoms with Gasteiger partial charge in [0.2, 0.25) is 5.95 Å². The Morgan fingerprint density at radius 3 is 2.94 bits per heavy atom. The molecule has 0 aliphatic carbocycles. The van der Waals surface area contributed by atoms with Crippen molar-refractivity contribution in [2.45, 2.75) is 0 Å². The van der Waals surface area contributed by atoms with Gasteiger partial charge >= 0.3 is 0 Å². The Morgan fingerprint density at radius 1 is 1.24 bits per heavy atom. The predicted molar refractivity (Wildman–Crippen MR) is 71.5 cm³/mol. The molecular formula is C12H10N4S. The van der Waals surface area contributed by atoms with Gasteiger partial charge in [0.1, 0.15) is 0 Å². The van der Waals surface area contributed by atoms with Crippen LogP contribution in [0.2, 0.25) is 0 Å².